The van der Waals surface area contributed by atoms with Crippen LogP contribution in [0.25, 0.3) is 0 Å². The largest absolute Gasteiger partial charge is 0.338 e. The lowest BCUT2D eigenvalue weighted by Gasteiger charge is -2.32. The Labute approximate surface area is 143 Å². The van der Waals surface area contributed by atoms with Crippen LogP contribution in [0.15, 0.2) is 35.8 Å². The molecule has 2 amide bonds. The Kier molecular flexibility index (Phi) is 4.93. The van der Waals surface area contributed by atoms with Crippen LogP contribution >= 0.6 is 22.9 Å². The Morgan fingerprint density at radius 3 is 2.78 bits per heavy atom. The minimum Gasteiger partial charge on any atom is -0.338 e. The molecule has 0 unspecified atom stereocenters. The van der Waals surface area contributed by atoms with Gasteiger partial charge in [0, 0.05) is 35.3 Å². The van der Waals surface area contributed by atoms with E-state index >= 15 is 0 Å². The topological polar surface area (TPSA) is 62.3 Å². The van der Waals surface area contributed by atoms with Crippen LogP contribution in [0.1, 0.15) is 23.2 Å². The number of thiazole rings is 1. The van der Waals surface area contributed by atoms with Gasteiger partial charge in [-0.3, -0.25) is 9.59 Å². The van der Waals surface area contributed by atoms with Crippen molar-refractivity contribution >= 4 is 39.9 Å². The van der Waals surface area contributed by atoms with Gasteiger partial charge in [0.2, 0.25) is 5.91 Å². The van der Waals surface area contributed by atoms with Gasteiger partial charge in [0.15, 0.2) is 5.13 Å². The van der Waals surface area contributed by atoms with Gasteiger partial charge in [0.05, 0.1) is 5.92 Å². The number of nitrogens with zero attached hydrogens (tertiary/aromatic N) is 2. The molecule has 3 rings (SSSR count). The van der Waals surface area contributed by atoms with Crippen molar-refractivity contribution in [3.8, 4) is 0 Å². The predicted octanol–water partition coefficient (Wildman–Crippen LogP) is 3.29. The van der Waals surface area contributed by atoms with E-state index in [1.807, 2.05) is 5.38 Å². The summed E-state index contributed by atoms with van der Waals surface area (Å²) in [5, 5.41) is 5.82. The molecule has 0 bridgehead atoms. The predicted molar refractivity (Wildman–Crippen MR) is 90.8 cm³/mol. The number of aromatic nitrogens is 1. The molecule has 1 aromatic heterocycles. The quantitative estimate of drug-likeness (QED) is 0.924. The lowest BCUT2D eigenvalue weighted by atomic mass is 9.96. The molecular weight excluding hydrogens is 334 g/mol. The number of benzene rings is 1. The van der Waals surface area contributed by atoms with E-state index in [0.29, 0.717) is 28.8 Å². The van der Waals surface area contributed by atoms with Crippen molar-refractivity contribution in [2.24, 2.45) is 5.92 Å². The van der Waals surface area contributed by atoms with E-state index in [9.17, 15) is 9.59 Å². The van der Waals surface area contributed by atoms with Gasteiger partial charge in [-0.1, -0.05) is 11.6 Å². The summed E-state index contributed by atoms with van der Waals surface area (Å²) in [5.41, 5.74) is 0.593. The first-order chi connectivity index (χ1) is 11.1. The van der Waals surface area contributed by atoms with Crippen molar-refractivity contribution in [3.05, 3.63) is 46.4 Å². The number of halogens is 1. The maximum atomic E-state index is 12.5. The molecule has 2 aromatic rings. The van der Waals surface area contributed by atoms with Crippen molar-refractivity contribution in [1.82, 2.24) is 9.88 Å². The van der Waals surface area contributed by atoms with E-state index < -0.39 is 0 Å². The third-order valence-corrected chi connectivity index (χ3v) is 4.77. The molecule has 1 atom stereocenters. The van der Waals surface area contributed by atoms with Crippen LogP contribution in [0.2, 0.25) is 5.02 Å². The number of likely N-dealkylation sites (tertiary alicyclic amines) is 1. The molecule has 1 aliphatic rings. The molecule has 0 saturated carbocycles. The first-order valence-electron chi connectivity index (χ1n) is 7.38. The Hall–Kier alpha value is -1.92. The number of anilines is 1. The second-order valence-electron chi connectivity index (χ2n) is 5.42. The molecular formula is C16H16ClN3O2S. The monoisotopic (exact) mass is 349 g/mol. The summed E-state index contributed by atoms with van der Waals surface area (Å²) in [5.74, 6) is -0.342. The standard InChI is InChI=1S/C16H16ClN3O2S/c17-13-5-3-11(4-6-13)15(22)20-8-1-2-12(10-20)14(21)19-16-18-7-9-23-16/h3-7,9,12H,1-2,8,10H2,(H,18,19,21)/t12-/m0/s1. The molecule has 5 nitrogen and oxygen atoms in total. The summed E-state index contributed by atoms with van der Waals surface area (Å²) in [6.07, 6.45) is 3.24. The number of hydrogen-bond donors (Lipinski definition) is 1. The minimum atomic E-state index is -0.205. The van der Waals surface area contributed by atoms with Crippen LogP contribution in [0.4, 0.5) is 5.13 Å². The molecule has 1 fully saturated rings. The number of hydrogen-bond acceptors (Lipinski definition) is 4. The van der Waals surface area contributed by atoms with Crippen LogP contribution in [0, 0.1) is 5.92 Å². The van der Waals surface area contributed by atoms with Crippen molar-refractivity contribution in [3.63, 3.8) is 0 Å². The van der Waals surface area contributed by atoms with Crippen molar-refractivity contribution in [2.45, 2.75) is 12.8 Å². The highest BCUT2D eigenvalue weighted by Crippen LogP contribution is 2.21. The van der Waals surface area contributed by atoms with Crippen LogP contribution in [0.5, 0.6) is 0 Å². The van der Waals surface area contributed by atoms with E-state index in [1.165, 1.54) is 11.3 Å². The van der Waals surface area contributed by atoms with Gasteiger partial charge >= 0.3 is 0 Å². The van der Waals surface area contributed by atoms with Crippen molar-refractivity contribution in [2.75, 3.05) is 18.4 Å². The summed E-state index contributed by atoms with van der Waals surface area (Å²) in [6, 6.07) is 6.82. The van der Waals surface area contributed by atoms with E-state index in [2.05, 4.69) is 10.3 Å². The van der Waals surface area contributed by atoms with Gasteiger partial charge in [-0.15, -0.1) is 11.3 Å². The fourth-order valence-electron chi connectivity index (χ4n) is 2.64. The first kappa shape index (κ1) is 16.0. The van der Waals surface area contributed by atoms with Gasteiger partial charge in [0.25, 0.3) is 5.91 Å². The maximum Gasteiger partial charge on any atom is 0.253 e. The Balaban J connectivity index is 1.64. The first-order valence-corrected chi connectivity index (χ1v) is 8.64. The van der Waals surface area contributed by atoms with Gasteiger partial charge in [-0.25, -0.2) is 4.98 Å². The molecule has 0 aliphatic carbocycles. The zero-order chi connectivity index (χ0) is 16.2. The zero-order valence-electron chi connectivity index (χ0n) is 12.4. The molecule has 1 N–H and O–H groups in total. The van der Waals surface area contributed by atoms with Crippen LogP contribution in [0.3, 0.4) is 0 Å². The molecule has 0 spiro atoms. The molecule has 0 radical (unpaired) electrons. The second-order valence-corrected chi connectivity index (χ2v) is 6.75. The smallest absolute Gasteiger partial charge is 0.253 e. The minimum absolute atomic E-state index is 0.0617. The molecule has 1 saturated heterocycles. The number of rotatable bonds is 3. The van der Waals surface area contributed by atoms with Crippen LogP contribution < -0.4 is 5.32 Å². The number of nitrogens with one attached hydrogen (secondary N) is 1. The average Bonchev–Trinajstić information content (AvgIpc) is 3.08. The number of amides is 2. The zero-order valence-corrected chi connectivity index (χ0v) is 13.9. The third-order valence-electron chi connectivity index (χ3n) is 3.83. The van der Waals surface area contributed by atoms with Crippen molar-refractivity contribution in [1.29, 1.82) is 0 Å². The highest BCUT2D eigenvalue weighted by Gasteiger charge is 2.29. The van der Waals surface area contributed by atoms with Gasteiger partial charge in [-0.2, -0.15) is 0 Å². The highest BCUT2D eigenvalue weighted by atomic mass is 35.5. The molecule has 1 aromatic carbocycles. The number of piperidine rings is 1. The third kappa shape index (κ3) is 3.89. The highest BCUT2D eigenvalue weighted by molar-refractivity contribution is 7.13. The summed E-state index contributed by atoms with van der Waals surface area (Å²) in [6.45, 7) is 1.10. The maximum absolute atomic E-state index is 12.5. The average molecular weight is 350 g/mol. The van der Waals surface area contributed by atoms with E-state index in [-0.39, 0.29) is 17.7 Å². The van der Waals surface area contributed by atoms with E-state index in [0.717, 1.165) is 12.8 Å². The summed E-state index contributed by atoms with van der Waals surface area (Å²) in [7, 11) is 0. The number of carbonyl (C=O) groups excluding carboxylic acids is 2. The van der Waals surface area contributed by atoms with E-state index in [4.69, 9.17) is 11.6 Å². The van der Waals surface area contributed by atoms with Crippen molar-refractivity contribution < 1.29 is 9.59 Å². The van der Waals surface area contributed by atoms with E-state index in [1.54, 1.807) is 35.4 Å². The molecule has 120 valence electrons. The number of carbonyl (C=O) groups is 2. The lowest BCUT2D eigenvalue weighted by molar-refractivity contribution is -0.121. The Bertz CT molecular complexity index is 688. The molecule has 23 heavy (non-hydrogen) atoms. The Morgan fingerprint density at radius 1 is 1.30 bits per heavy atom. The normalized spacial score (nSPS) is 17.8. The molecule has 2 heterocycles. The van der Waals surface area contributed by atoms with Gasteiger partial charge < -0.3 is 10.2 Å². The summed E-state index contributed by atoms with van der Waals surface area (Å²) in [4.78, 5) is 30.6. The lowest BCUT2D eigenvalue weighted by Crippen LogP contribution is -2.43. The van der Waals surface area contributed by atoms with Gasteiger partial charge in [-0.05, 0) is 37.1 Å². The Morgan fingerprint density at radius 2 is 2.09 bits per heavy atom. The summed E-state index contributed by atoms with van der Waals surface area (Å²) < 4.78 is 0. The molecule has 1 aliphatic heterocycles. The fourth-order valence-corrected chi connectivity index (χ4v) is 3.30. The van der Waals surface area contributed by atoms with Crippen LogP contribution in [-0.2, 0) is 4.79 Å². The van der Waals surface area contributed by atoms with Gasteiger partial charge in [0.1, 0.15) is 0 Å². The fraction of sp³-hybridized carbons (Fsp3) is 0.312. The second kappa shape index (κ2) is 7.10. The summed E-state index contributed by atoms with van der Waals surface area (Å²) >= 11 is 7.24. The SMILES string of the molecule is O=C(Nc1nccs1)[C@H]1CCCN(C(=O)c2ccc(Cl)cc2)C1. The van der Waals surface area contributed by atoms with Crippen LogP contribution in [-0.4, -0.2) is 34.8 Å². The molecule has 7 heteroatoms.